The van der Waals surface area contributed by atoms with E-state index in [2.05, 4.69) is 5.32 Å². The highest BCUT2D eigenvalue weighted by Crippen LogP contribution is 2.53. The zero-order valence-corrected chi connectivity index (χ0v) is 21.1. The summed E-state index contributed by atoms with van der Waals surface area (Å²) in [6, 6.07) is -0.584. The summed E-state index contributed by atoms with van der Waals surface area (Å²) in [5.41, 5.74) is 5.59. The number of hydrogen-bond donors (Lipinski definition) is 4. The topological polar surface area (TPSA) is 160 Å². The van der Waals surface area contributed by atoms with E-state index in [4.69, 9.17) is 11.1 Å². The summed E-state index contributed by atoms with van der Waals surface area (Å²) >= 11 is 1.46. The maximum absolute atomic E-state index is 13.0. The van der Waals surface area contributed by atoms with Crippen molar-refractivity contribution in [2.45, 2.75) is 50.9 Å². The lowest BCUT2D eigenvalue weighted by atomic mass is 9.73. The molecular formula is C23H34N6O5S. The number of nitrogens with two attached hydrogens (primary N) is 1. The Morgan fingerprint density at radius 1 is 1.23 bits per heavy atom. The number of aliphatic carboxylic acids is 1. The van der Waals surface area contributed by atoms with Crippen molar-refractivity contribution in [2.24, 2.45) is 23.5 Å². The molecule has 6 atom stereocenters. The Balaban J connectivity index is 1.40. The first kappa shape index (κ1) is 25.5. The van der Waals surface area contributed by atoms with Crippen LogP contribution in [0.15, 0.2) is 10.6 Å². The van der Waals surface area contributed by atoms with Crippen LogP contribution in [0, 0.1) is 23.2 Å². The third-order valence-corrected chi connectivity index (χ3v) is 9.14. The smallest absolute Gasteiger partial charge is 0.353 e. The SMILES string of the molecule is CC(=O)C[C@H](C)[C@H]1C(=O)N2C(C(=O)O)=C(S[C@@H]3CN[C@H](C(=O)N4CCN(C(=N)N)CC4)C3)[C@H](C)[C@@H]12. The number of nitrogens with zero attached hydrogens (tertiary/aromatic N) is 3. The highest BCUT2D eigenvalue weighted by atomic mass is 32.2. The van der Waals surface area contributed by atoms with Gasteiger partial charge in [-0.3, -0.25) is 15.0 Å². The summed E-state index contributed by atoms with van der Waals surface area (Å²) in [5, 5.41) is 20.8. The van der Waals surface area contributed by atoms with Crippen molar-refractivity contribution in [3.63, 3.8) is 0 Å². The van der Waals surface area contributed by atoms with Gasteiger partial charge in [0, 0.05) is 55.2 Å². The number of β-lactam (4-membered cyclic amide) rings is 1. The number of carboxylic acid groups (broad SMARTS) is 1. The molecule has 12 heteroatoms. The van der Waals surface area contributed by atoms with Gasteiger partial charge in [-0.2, -0.15) is 0 Å². The quantitative estimate of drug-likeness (QED) is 0.210. The molecular weight excluding hydrogens is 472 g/mol. The number of Topliss-reactive ketones (excluding diaryl/α,β-unsaturated/α-hetero) is 1. The Hall–Kier alpha value is -2.60. The first-order chi connectivity index (χ1) is 16.5. The molecule has 4 aliphatic heterocycles. The van der Waals surface area contributed by atoms with Gasteiger partial charge in [0.05, 0.1) is 18.0 Å². The van der Waals surface area contributed by atoms with Crippen molar-refractivity contribution in [1.29, 1.82) is 5.41 Å². The summed E-state index contributed by atoms with van der Waals surface area (Å²) in [6.07, 6.45) is 0.873. The lowest BCUT2D eigenvalue weighted by Gasteiger charge is -2.47. The van der Waals surface area contributed by atoms with Gasteiger partial charge >= 0.3 is 5.97 Å². The van der Waals surface area contributed by atoms with E-state index in [0.29, 0.717) is 50.5 Å². The zero-order valence-electron chi connectivity index (χ0n) is 20.3. The highest BCUT2D eigenvalue weighted by Gasteiger charge is 2.60. The van der Waals surface area contributed by atoms with E-state index in [1.165, 1.54) is 23.6 Å². The third-order valence-electron chi connectivity index (χ3n) is 7.63. The minimum atomic E-state index is -1.12. The minimum absolute atomic E-state index is 0.0103. The predicted molar refractivity (Wildman–Crippen MR) is 130 cm³/mol. The van der Waals surface area contributed by atoms with Crippen LogP contribution in [0.2, 0.25) is 0 Å². The van der Waals surface area contributed by atoms with Crippen LogP contribution < -0.4 is 11.1 Å². The molecule has 11 nitrogen and oxygen atoms in total. The number of carbonyl (C=O) groups is 4. The second kappa shape index (κ2) is 9.81. The number of rotatable bonds is 7. The van der Waals surface area contributed by atoms with Crippen molar-refractivity contribution < 1.29 is 24.3 Å². The zero-order chi connectivity index (χ0) is 25.6. The van der Waals surface area contributed by atoms with Gasteiger partial charge in [-0.15, -0.1) is 11.8 Å². The van der Waals surface area contributed by atoms with Crippen LogP contribution in [-0.2, 0) is 19.2 Å². The monoisotopic (exact) mass is 506 g/mol. The number of amides is 2. The van der Waals surface area contributed by atoms with Crippen LogP contribution in [0.3, 0.4) is 0 Å². The number of nitrogens with one attached hydrogen (secondary N) is 2. The molecule has 0 radical (unpaired) electrons. The van der Waals surface area contributed by atoms with Gasteiger partial charge in [-0.1, -0.05) is 13.8 Å². The van der Waals surface area contributed by atoms with Gasteiger partial charge in [0.15, 0.2) is 5.96 Å². The van der Waals surface area contributed by atoms with E-state index in [-0.39, 0.29) is 64.3 Å². The van der Waals surface area contributed by atoms with Crippen LogP contribution in [0.1, 0.15) is 33.6 Å². The molecule has 0 aromatic carbocycles. The summed E-state index contributed by atoms with van der Waals surface area (Å²) in [6.45, 7) is 8.00. The minimum Gasteiger partial charge on any atom is -0.477 e. The lowest BCUT2D eigenvalue weighted by molar-refractivity contribution is -0.160. The molecule has 2 amide bonds. The first-order valence-electron chi connectivity index (χ1n) is 12.1. The number of ketones is 1. The highest BCUT2D eigenvalue weighted by molar-refractivity contribution is 8.03. The third kappa shape index (κ3) is 4.65. The Kier molecular flexibility index (Phi) is 7.14. The number of hydrogen-bond acceptors (Lipinski definition) is 7. The van der Waals surface area contributed by atoms with Gasteiger partial charge in [0.2, 0.25) is 11.8 Å². The standard InChI is InChI=1S/C23H34N6O5S/c1-11(8-12(2)30)16-17-13(3)19(18(22(33)34)29(17)21(16)32)35-14-9-15(26-10-14)20(31)27-4-6-28(7-5-27)23(24)25/h11,13-17,26H,4-10H2,1-3H3,(H3,24,25)(H,33,34)/t11-,13+,14-,15-,16+,17-/m0/s1. The van der Waals surface area contributed by atoms with Crippen molar-refractivity contribution >= 4 is 41.3 Å². The number of thioether (sulfide) groups is 1. The molecule has 0 saturated carbocycles. The van der Waals surface area contributed by atoms with E-state index in [1.807, 2.05) is 13.8 Å². The fourth-order valence-corrected chi connectivity index (χ4v) is 7.37. The van der Waals surface area contributed by atoms with Crippen LogP contribution in [0.25, 0.3) is 0 Å². The lowest BCUT2D eigenvalue weighted by Crippen LogP contribution is -2.62. The number of carbonyl (C=O) groups excluding carboxylic acids is 3. The average Bonchev–Trinajstić information content (AvgIpc) is 3.35. The van der Waals surface area contributed by atoms with Crippen LogP contribution >= 0.6 is 11.8 Å². The normalized spacial score (nSPS) is 31.3. The average molecular weight is 507 g/mol. The number of fused-ring (bicyclic) bond motifs is 1. The van der Waals surface area contributed by atoms with Gasteiger partial charge in [0.1, 0.15) is 11.5 Å². The first-order valence-corrected chi connectivity index (χ1v) is 13.0. The van der Waals surface area contributed by atoms with Crippen LogP contribution in [-0.4, -0.2) is 99.4 Å². The number of guanidine groups is 1. The van der Waals surface area contributed by atoms with Crippen molar-refractivity contribution in [3.05, 3.63) is 10.6 Å². The van der Waals surface area contributed by atoms with E-state index < -0.39 is 5.97 Å². The molecule has 35 heavy (non-hydrogen) atoms. The fraction of sp³-hybridized carbons (Fsp3) is 0.696. The van der Waals surface area contributed by atoms with Gasteiger partial charge in [-0.25, -0.2) is 4.79 Å². The van der Waals surface area contributed by atoms with Crippen LogP contribution in [0.5, 0.6) is 0 Å². The number of carboxylic acids is 1. The molecule has 0 bridgehead atoms. The molecule has 4 heterocycles. The van der Waals surface area contributed by atoms with E-state index in [1.54, 1.807) is 9.80 Å². The van der Waals surface area contributed by atoms with Crippen LogP contribution in [0.4, 0.5) is 0 Å². The maximum atomic E-state index is 13.0. The second-order valence-corrected chi connectivity index (χ2v) is 11.4. The molecule has 0 aromatic rings. The number of piperazine rings is 1. The Bertz CT molecular complexity index is 977. The van der Waals surface area contributed by atoms with Crippen molar-refractivity contribution in [1.82, 2.24) is 20.0 Å². The van der Waals surface area contributed by atoms with E-state index >= 15 is 0 Å². The summed E-state index contributed by atoms with van der Waals surface area (Å²) in [5.74, 6) is -1.92. The predicted octanol–water partition coefficient (Wildman–Crippen LogP) is -0.124. The fourth-order valence-electron chi connectivity index (χ4n) is 5.90. The largest absolute Gasteiger partial charge is 0.477 e. The summed E-state index contributed by atoms with van der Waals surface area (Å²) in [4.78, 5) is 55.3. The van der Waals surface area contributed by atoms with Gasteiger partial charge in [-0.05, 0) is 19.3 Å². The molecule has 0 aromatic heterocycles. The van der Waals surface area contributed by atoms with Gasteiger partial charge < -0.3 is 35.7 Å². The Morgan fingerprint density at radius 3 is 2.43 bits per heavy atom. The Labute approximate surface area is 208 Å². The molecule has 5 N–H and O–H groups in total. The van der Waals surface area contributed by atoms with E-state index in [0.717, 1.165) is 0 Å². The molecule has 3 fully saturated rings. The molecule has 0 unspecified atom stereocenters. The van der Waals surface area contributed by atoms with Crippen molar-refractivity contribution in [2.75, 3.05) is 32.7 Å². The summed E-state index contributed by atoms with van der Waals surface area (Å²) < 4.78 is 0. The second-order valence-electron chi connectivity index (χ2n) is 10.0. The van der Waals surface area contributed by atoms with Gasteiger partial charge in [0.25, 0.3) is 0 Å². The maximum Gasteiger partial charge on any atom is 0.353 e. The molecule has 4 rings (SSSR count). The molecule has 3 saturated heterocycles. The molecule has 0 spiro atoms. The van der Waals surface area contributed by atoms with E-state index in [9.17, 15) is 24.3 Å². The molecule has 192 valence electrons. The molecule has 4 aliphatic rings. The summed E-state index contributed by atoms with van der Waals surface area (Å²) in [7, 11) is 0. The molecule has 0 aliphatic carbocycles. The Morgan fingerprint density at radius 2 is 1.86 bits per heavy atom. The van der Waals surface area contributed by atoms with Crippen molar-refractivity contribution in [3.8, 4) is 0 Å².